The molecule has 10 nitrogen and oxygen atoms in total. The molecule has 0 saturated carbocycles. The predicted octanol–water partition coefficient (Wildman–Crippen LogP) is 6.11. The molecule has 4 amide bonds. The van der Waals surface area contributed by atoms with Crippen LogP contribution in [0.2, 0.25) is 5.02 Å². The zero-order valence-corrected chi connectivity index (χ0v) is 27.9. The van der Waals surface area contributed by atoms with Crippen molar-refractivity contribution in [3.05, 3.63) is 44.6 Å². The van der Waals surface area contributed by atoms with Crippen molar-refractivity contribution in [2.45, 2.75) is 75.9 Å². The molecule has 5 heterocycles. The van der Waals surface area contributed by atoms with Crippen LogP contribution < -0.4 is 10.6 Å². The molecule has 3 saturated heterocycles. The number of hydrogen-bond donors (Lipinski definition) is 2. The van der Waals surface area contributed by atoms with Gasteiger partial charge >= 0.3 is 18.3 Å². The second-order valence-corrected chi connectivity index (χ2v) is 13.9. The molecular weight excluding hydrogens is 657 g/mol. The number of likely N-dealkylation sites (tertiary alicyclic amines) is 3. The molecule has 1 aromatic heterocycles. The summed E-state index contributed by atoms with van der Waals surface area (Å²) in [6.07, 6.45) is -1.99. The lowest BCUT2D eigenvalue weighted by atomic mass is 9.99. The zero-order valence-electron chi connectivity index (χ0n) is 26.3. The number of nitrogens with one attached hydrogen (secondary N) is 2. The quantitative estimate of drug-likeness (QED) is 0.363. The van der Waals surface area contributed by atoms with E-state index in [4.69, 9.17) is 16.3 Å². The van der Waals surface area contributed by atoms with Crippen LogP contribution in [-0.4, -0.2) is 102 Å². The molecule has 2 N–H and O–H groups in total. The third kappa shape index (κ3) is 7.44. The van der Waals surface area contributed by atoms with E-state index in [1.54, 1.807) is 9.80 Å². The monoisotopic (exact) mass is 696 g/mol. The minimum absolute atomic E-state index is 0.0740. The number of anilines is 2. The fourth-order valence-corrected chi connectivity index (χ4v) is 8.38. The second kappa shape index (κ2) is 14.1. The van der Waals surface area contributed by atoms with Crippen molar-refractivity contribution in [2.24, 2.45) is 0 Å². The number of nitrogens with zero attached hydrogens (tertiary/aromatic N) is 4. The number of piperidine rings is 2. The number of rotatable bonds is 7. The van der Waals surface area contributed by atoms with Gasteiger partial charge in [0.25, 0.3) is 5.91 Å². The van der Waals surface area contributed by atoms with Crippen LogP contribution in [0.15, 0.2) is 22.9 Å². The van der Waals surface area contributed by atoms with E-state index < -0.39 is 29.8 Å². The number of hydrogen-bond acceptors (Lipinski definition) is 7. The number of urea groups is 1. The van der Waals surface area contributed by atoms with E-state index in [-0.39, 0.29) is 34.8 Å². The third-order valence-electron chi connectivity index (χ3n) is 9.83. The first-order valence-electron chi connectivity index (χ1n) is 16.2. The van der Waals surface area contributed by atoms with Crippen molar-refractivity contribution in [1.29, 1.82) is 0 Å². The summed E-state index contributed by atoms with van der Waals surface area (Å²) in [6, 6.07) is 2.48. The topological polar surface area (TPSA) is 97.5 Å². The van der Waals surface area contributed by atoms with Crippen molar-refractivity contribution >= 4 is 52.3 Å². The maximum atomic E-state index is 13.9. The first-order chi connectivity index (χ1) is 22.5. The molecule has 4 aliphatic rings. The highest BCUT2D eigenvalue weighted by Gasteiger charge is 2.39. The number of carbonyl (C=O) groups is 3. The molecule has 0 unspecified atom stereocenters. The van der Waals surface area contributed by atoms with Gasteiger partial charge in [-0.2, -0.15) is 13.2 Å². The summed E-state index contributed by atoms with van der Waals surface area (Å²) in [5, 5.41) is 9.21. The van der Waals surface area contributed by atoms with Gasteiger partial charge in [-0.25, -0.2) is 9.59 Å². The lowest BCUT2D eigenvalue weighted by Crippen LogP contribution is -2.53. The van der Waals surface area contributed by atoms with Crippen molar-refractivity contribution < 1.29 is 32.3 Å². The standard InChI is InChI=1S/C32H40ClF3N6O4S/c1-37-28-24(32(34,35)36)14-20(15-25(28)33)16-27(29(43)40-10-4-22(5-11-40)39-8-2-3-9-39)46-31(45)41-12-6-23(7-13-41)42-17-21-18-47-19-26(21)38-30(42)44/h14-15,18-19,22-23,27,37H,2-13,16-17H2,1H3,(H,38,44)/t27-/m1/s1. The number of benzene rings is 1. The van der Waals surface area contributed by atoms with Crippen molar-refractivity contribution in [2.75, 3.05) is 56.9 Å². The molecule has 0 spiro atoms. The summed E-state index contributed by atoms with van der Waals surface area (Å²) in [5.41, 5.74) is 0.815. The van der Waals surface area contributed by atoms with Crippen molar-refractivity contribution in [3.8, 4) is 0 Å². The van der Waals surface area contributed by atoms with Crippen LogP contribution in [0.3, 0.4) is 0 Å². The van der Waals surface area contributed by atoms with Crippen LogP contribution in [0.4, 0.5) is 34.1 Å². The average Bonchev–Trinajstić information content (AvgIpc) is 3.76. The highest BCUT2D eigenvalue weighted by atomic mass is 35.5. The van der Waals surface area contributed by atoms with E-state index in [0.717, 1.165) is 43.2 Å². The van der Waals surface area contributed by atoms with Crippen LogP contribution in [0, 0.1) is 0 Å². The van der Waals surface area contributed by atoms with Crippen LogP contribution >= 0.6 is 22.9 Å². The molecule has 2 aromatic rings. The first-order valence-corrected chi connectivity index (χ1v) is 17.5. The Kier molecular flexibility index (Phi) is 10.1. The number of ether oxygens (including phenoxy) is 1. The predicted molar refractivity (Wildman–Crippen MR) is 174 cm³/mol. The summed E-state index contributed by atoms with van der Waals surface area (Å²) in [4.78, 5) is 47.6. The van der Waals surface area contributed by atoms with E-state index >= 15 is 0 Å². The van der Waals surface area contributed by atoms with Crippen LogP contribution in [0.1, 0.15) is 55.2 Å². The maximum absolute atomic E-state index is 13.9. The molecule has 15 heteroatoms. The van der Waals surface area contributed by atoms with E-state index in [0.29, 0.717) is 51.6 Å². The Morgan fingerprint density at radius 1 is 1.02 bits per heavy atom. The minimum Gasteiger partial charge on any atom is -0.436 e. The van der Waals surface area contributed by atoms with Gasteiger partial charge in [0, 0.05) is 62.7 Å². The van der Waals surface area contributed by atoms with Gasteiger partial charge in [0.1, 0.15) is 0 Å². The van der Waals surface area contributed by atoms with Gasteiger partial charge in [0.05, 0.1) is 28.5 Å². The Labute approximate surface area is 281 Å². The first kappa shape index (κ1) is 33.7. The summed E-state index contributed by atoms with van der Waals surface area (Å²) in [6.45, 7) is 4.20. The molecule has 1 atom stereocenters. The molecule has 47 heavy (non-hydrogen) atoms. The Morgan fingerprint density at radius 3 is 2.34 bits per heavy atom. The summed E-state index contributed by atoms with van der Waals surface area (Å²) in [7, 11) is 1.36. The van der Waals surface area contributed by atoms with E-state index in [1.165, 1.54) is 42.2 Å². The summed E-state index contributed by atoms with van der Waals surface area (Å²) < 4.78 is 47.7. The molecule has 3 fully saturated rings. The lowest BCUT2D eigenvalue weighted by Gasteiger charge is -2.40. The van der Waals surface area contributed by atoms with Crippen molar-refractivity contribution in [3.63, 3.8) is 0 Å². The van der Waals surface area contributed by atoms with E-state index in [1.807, 2.05) is 10.8 Å². The van der Waals surface area contributed by atoms with E-state index in [2.05, 4.69) is 15.5 Å². The van der Waals surface area contributed by atoms with Gasteiger partial charge in [-0.1, -0.05) is 11.6 Å². The third-order valence-corrected chi connectivity index (χ3v) is 10.9. The maximum Gasteiger partial charge on any atom is 0.418 e. The summed E-state index contributed by atoms with van der Waals surface area (Å²) >= 11 is 7.79. The molecule has 6 rings (SSSR count). The molecular formula is C32H40ClF3N6O4S. The molecule has 256 valence electrons. The molecule has 4 aliphatic heterocycles. The van der Waals surface area contributed by atoms with Gasteiger partial charge in [0.15, 0.2) is 6.10 Å². The van der Waals surface area contributed by atoms with Gasteiger partial charge in [-0.15, -0.1) is 11.3 Å². The van der Waals surface area contributed by atoms with E-state index in [9.17, 15) is 27.6 Å². The number of carbonyl (C=O) groups excluding carboxylic acids is 3. The Balaban J connectivity index is 1.15. The lowest BCUT2D eigenvalue weighted by molar-refractivity contribution is -0.142. The second-order valence-electron chi connectivity index (χ2n) is 12.7. The number of amides is 4. The highest BCUT2D eigenvalue weighted by Crippen LogP contribution is 2.40. The zero-order chi connectivity index (χ0) is 33.3. The van der Waals surface area contributed by atoms with Crippen LogP contribution in [0.5, 0.6) is 0 Å². The largest absolute Gasteiger partial charge is 0.436 e. The number of thiophene rings is 1. The SMILES string of the molecule is CNc1c(Cl)cc(C[C@@H](OC(=O)N2CCC(N3Cc4cscc4NC3=O)CC2)C(=O)N2CCC(N3CCCC3)CC2)cc1C(F)(F)F. The smallest absolute Gasteiger partial charge is 0.418 e. The van der Waals surface area contributed by atoms with Gasteiger partial charge in [0.2, 0.25) is 0 Å². The van der Waals surface area contributed by atoms with Gasteiger partial charge in [-0.05, 0) is 74.7 Å². The molecule has 0 aliphatic carbocycles. The normalized spacial score (nSPS) is 20.6. The van der Waals surface area contributed by atoms with Crippen molar-refractivity contribution in [1.82, 2.24) is 19.6 Å². The Hall–Kier alpha value is -3.23. The highest BCUT2D eigenvalue weighted by molar-refractivity contribution is 7.08. The fourth-order valence-electron chi connectivity index (χ4n) is 7.26. The van der Waals surface area contributed by atoms with Crippen LogP contribution in [-0.2, 0) is 28.7 Å². The number of fused-ring (bicyclic) bond motifs is 1. The fraction of sp³-hybridized carbons (Fsp3) is 0.594. The van der Waals surface area contributed by atoms with Crippen LogP contribution in [0.25, 0.3) is 0 Å². The Bertz CT molecular complexity index is 1470. The number of alkyl halides is 3. The Morgan fingerprint density at radius 2 is 1.68 bits per heavy atom. The van der Waals surface area contributed by atoms with Gasteiger partial charge < -0.3 is 35.0 Å². The summed E-state index contributed by atoms with van der Waals surface area (Å²) in [5.74, 6) is -0.424. The van der Waals surface area contributed by atoms with Gasteiger partial charge in [-0.3, -0.25) is 4.79 Å². The molecule has 0 bridgehead atoms. The molecule has 1 aromatic carbocycles. The number of halogens is 4. The molecule has 0 radical (unpaired) electrons. The minimum atomic E-state index is -4.69. The average molecular weight is 697 g/mol.